The second-order valence-electron chi connectivity index (χ2n) is 15.9. The first-order valence-corrected chi connectivity index (χ1v) is 21.3. The molecule has 68 heavy (non-hydrogen) atoms. The Morgan fingerprint density at radius 1 is 0.574 bits per heavy atom. The van der Waals surface area contributed by atoms with Gasteiger partial charge in [-0.15, -0.1) is 0 Å². The molecule has 3 N–H and O–H groups in total. The molecule has 0 saturated carbocycles. The minimum atomic E-state index is -1.94. The van der Waals surface area contributed by atoms with Gasteiger partial charge in [-0.05, 0) is 29.2 Å². The second-order valence-corrected chi connectivity index (χ2v) is 15.9. The molecule has 10 unspecified atom stereocenters. The van der Waals surface area contributed by atoms with Gasteiger partial charge in [-0.2, -0.15) is 0 Å². The van der Waals surface area contributed by atoms with E-state index in [2.05, 4.69) is 10.6 Å². The lowest BCUT2D eigenvalue weighted by Crippen LogP contribution is -2.70. The summed E-state index contributed by atoms with van der Waals surface area (Å²) in [6.45, 7) is 7.00. The molecule has 2 heterocycles. The molecule has 0 aromatic heterocycles. The molecular formula is C45H54N2O21. The van der Waals surface area contributed by atoms with E-state index in [1.54, 1.807) is 0 Å². The van der Waals surface area contributed by atoms with E-state index in [1.807, 2.05) is 48.5 Å². The summed E-state index contributed by atoms with van der Waals surface area (Å²) in [6.07, 6.45) is -18.1. The van der Waals surface area contributed by atoms with Crippen LogP contribution < -0.4 is 10.6 Å². The normalized spacial score (nSPS) is 25.9. The highest BCUT2D eigenvalue weighted by molar-refractivity contribution is 5.81. The molecule has 1 aliphatic carbocycles. The lowest BCUT2D eigenvalue weighted by atomic mass is 9.94. The second kappa shape index (κ2) is 23.4. The van der Waals surface area contributed by atoms with Crippen molar-refractivity contribution in [3.05, 3.63) is 59.7 Å². The van der Waals surface area contributed by atoms with Crippen LogP contribution in [0.2, 0.25) is 0 Å². The number of benzene rings is 2. The Kier molecular flexibility index (Phi) is 18.0. The number of carboxylic acid groups (broad SMARTS) is 1. The molecule has 23 heteroatoms. The molecule has 2 aromatic rings. The number of carbonyl (C=O) groups excluding carboxylic acids is 8. The molecule has 2 aromatic carbocycles. The van der Waals surface area contributed by atoms with E-state index < -0.39 is 140 Å². The van der Waals surface area contributed by atoms with E-state index in [1.165, 1.54) is 6.92 Å². The van der Waals surface area contributed by atoms with E-state index in [4.69, 9.17) is 52.1 Å². The minimum absolute atomic E-state index is 0.161. The predicted molar refractivity (Wildman–Crippen MR) is 225 cm³/mol. The molecular weight excluding hydrogens is 904 g/mol. The van der Waals surface area contributed by atoms with Crippen LogP contribution in [0.3, 0.4) is 0 Å². The molecule has 2 fully saturated rings. The molecule has 0 spiro atoms. The summed E-state index contributed by atoms with van der Waals surface area (Å²) in [5.41, 5.74) is 3.73. The Labute approximate surface area is 389 Å². The van der Waals surface area contributed by atoms with E-state index in [9.17, 15) is 48.3 Å². The number of alkyl carbamates (subject to hydrolysis) is 1. The zero-order valence-corrected chi connectivity index (χ0v) is 38.4. The summed E-state index contributed by atoms with van der Waals surface area (Å²) in [4.78, 5) is 114. The highest BCUT2D eigenvalue weighted by Crippen LogP contribution is 2.44. The first kappa shape index (κ1) is 52.3. The molecule has 5 rings (SSSR count). The average Bonchev–Trinajstić information content (AvgIpc) is 3.57. The number of aliphatic carboxylic acids is 1. The molecule has 23 nitrogen and oxygen atoms in total. The van der Waals surface area contributed by atoms with Gasteiger partial charge in [-0.3, -0.25) is 33.6 Å². The Balaban J connectivity index is 1.49. The fourth-order valence-electron chi connectivity index (χ4n) is 8.13. The van der Waals surface area contributed by atoms with Crippen molar-refractivity contribution in [1.29, 1.82) is 0 Å². The van der Waals surface area contributed by atoms with Gasteiger partial charge in [0.1, 0.15) is 44.2 Å². The maximum atomic E-state index is 13.4. The smallest absolute Gasteiger partial charge is 0.407 e. The van der Waals surface area contributed by atoms with Gasteiger partial charge in [-0.1, -0.05) is 48.5 Å². The third kappa shape index (κ3) is 13.5. The number of hydrogen-bond donors (Lipinski definition) is 3. The number of hydrogen-bond acceptors (Lipinski definition) is 20. The van der Waals surface area contributed by atoms with Crippen molar-refractivity contribution in [2.75, 3.05) is 19.8 Å². The fraction of sp³-hybridized carbons (Fsp3) is 0.533. The monoisotopic (exact) mass is 958 g/mol. The first-order valence-electron chi connectivity index (χ1n) is 21.3. The summed E-state index contributed by atoms with van der Waals surface area (Å²) < 4.78 is 63.1. The lowest BCUT2D eigenvalue weighted by Gasteiger charge is -2.49. The molecule has 0 bridgehead atoms. The molecule has 2 aliphatic heterocycles. The third-order valence-electron chi connectivity index (χ3n) is 10.7. The van der Waals surface area contributed by atoms with E-state index in [0.717, 1.165) is 70.7 Å². The van der Waals surface area contributed by atoms with Crippen LogP contribution in [0.4, 0.5) is 4.79 Å². The fourth-order valence-corrected chi connectivity index (χ4v) is 8.13. The zero-order valence-electron chi connectivity index (χ0n) is 38.4. The van der Waals surface area contributed by atoms with Crippen LogP contribution in [0.1, 0.15) is 72.4 Å². The summed E-state index contributed by atoms with van der Waals surface area (Å²) in [7, 11) is 0. The summed E-state index contributed by atoms with van der Waals surface area (Å²) >= 11 is 0. The van der Waals surface area contributed by atoms with Crippen molar-refractivity contribution < 1.29 is 100 Å². The lowest BCUT2D eigenvalue weighted by molar-refractivity contribution is -0.349. The van der Waals surface area contributed by atoms with Crippen molar-refractivity contribution in [2.24, 2.45) is 0 Å². The number of carbonyl (C=O) groups is 9. The van der Waals surface area contributed by atoms with Gasteiger partial charge in [0.25, 0.3) is 0 Å². The predicted octanol–water partition coefficient (Wildman–Crippen LogP) is 1.58. The number of nitrogens with one attached hydrogen (secondary N) is 2. The van der Waals surface area contributed by atoms with Crippen molar-refractivity contribution in [3.63, 3.8) is 0 Å². The van der Waals surface area contributed by atoms with E-state index >= 15 is 0 Å². The van der Waals surface area contributed by atoms with Crippen molar-refractivity contribution in [3.8, 4) is 11.1 Å². The third-order valence-corrected chi connectivity index (χ3v) is 10.7. The Bertz CT molecular complexity index is 2170. The maximum absolute atomic E-state index is 13.4. The van der Waals surface area contributed by atoms with Crippen molar-refractivity contribution in [1.82, 2.24) is 10.6 Å². The van der Waals surface area contributed by atoms with Crippen LogP contribution in [0.15, 0.2) is 48.5 Å². The van der Waals surface area contributed by atoms with Gasteiger partial charge in [0, 0.05) is 54.4 Å². The van der Waals surface area contributed by atoms with Crippen LogP contribution in [-0.2, 0) is 90.5 Å². The highest BCUT2D eigenvalue weighted by atomic mass is 16.8. The Hall–Kier alpha value is -6.69. The summed E-state index contributed by atoms with van der Waals surface area (Å²) in [5, 5.41) is 15.3. The van der Waals surface area contributed by atoms with E-state index in [-0.39, 0.29) is 12.5 Å². The molecule has 370 valence electrons. The number of ether oxygens (including phenoxy) is 11. The summed E-state index contributed by atoms with van der Waals surface area (Å²) in [6, 6.07) is 11.7. The Morgan fingerprint density at radius 3 is 1.50 bits per heavy atom. The quantitative estimate of drug-likeness (QED) is 0.141. The van der Waals surface area contributed by atoms with Crippen molar-refractivity contribution in [2.45, 2.75) is 135 Å². The summed E-state index contributed by atoms with van der Waals surface area (Å²) in [5.74, 6) is -8.16. The SMILES string of the molecule is CC(=O)NC1C(O[C@H](C)[C@H](NC(=O)OCC2c3ccccc3-c3ccccc32)C(=O)O)OC(COC(C)=O)C(OC(C)=O)C1OC1OC(COC(C)=O)C(OC(C)=O)C(OC(C)=O)C1OC(C)=O. The van der Waals surface area contributed by atoms with Gasteiger partial charge >= 0.3 is 47.9 Å². The maximum Gasteiger partial charge on any atom is 0.407 e. The standard InChI is InChI=1S/C45H54N2O21/c1-20(35(42(55)56)47-45(57)60-17-32-30-15-11-9-13-28(30)29-14-10-12-16-31(29)32)61-43-36(46-21(2)48)39(37(62-24(5)51)33(66-43)18-58-22(3)49)68-44-41(65-27(8)54)40(64-26(7)53)38(63-25(6)52)34(67-44)19-59-23(4)50/h9-16,20,32-41,43-44H,17-19H2,1-8H3,(H,46,48)(H,47,57)(H,55,56)/t20-,33?,34?,35+,36?,37?,38?,39?,40?,41?,43?,44?/m1/s1. The number of carboxylic acids is 1. The molecule has 2 amide bonds. The van der Waals surface area contributed by atoms with Gasteiger partial charge in [-0.25, -0.2) is 9.59 Å². The molecule has 12 atom stereocenters. The van der Waals surface area contributed by atoms with Crippen LogP contribution in [-0.4, -0.2) is 152 Å². The van der Waals surface area contributed by atoms with E-state index in [0.29, 0.717) is 0 Å². The van der Waals surface area contributed by atoms with Gasteiger partial charge in [0.2, 0.25) is 5.91 Å². The van der Waals surface area contributed by atoms with Crippen LogP contribution in [0.25, 0.3) is 11.1 Å². The number of amides is 2. The zero-order chi connectivity index (χ0) is 50.0. The molecule has 0 radical (unpaired) electrons. The first-order chi connectivity index (χ1) is 32.1. The topological polar surface area (TPSA) is 299 Å². The number of rotatable bonds is 18. The van der Waals surface area contributed by atoms with Gasteiger partial charge in [0.15, 0.2) is 43.0 Å². The van der Waals surface area contributed by atoms with Crippen molar-refractivity contribution >= 4 is 53.8 Å². The Morgan fingerprint density at radius 2 is 1.03 bits per heavy atom. The molecule has 3 aliphatic rings. The number of esters is 6. The average molecular weight is 959 g/mol. The van der Waals surface area contributed by atoms with Crippen LogP contribution >= 0.6 is 0 Å². The molecule has 2 saturated heterocycles. The highest BCUT2D eigenvalue weighted by Gasteiger charge is 2.57. The van der Waals surface area contributed by atoms with Crippen LogP contribution in [0.5, 0.6) is 0 Å². The minimum Gasteiger partial charge on any atom is -0.480 e. The van der Waals surface area contributed by atoms with Gasteiger partial charge in [0.05, 0.1) is 6.10 Å². The largest absolute Gasteiger partial charge is 0.480 e. The van der Waals surface area contributed by atoms with Gasteiger partial charge < -0.3 is 67.8 Å². The number of fused-ring (bicyclic) bond motifs is 3. The van der Waals surface area contributed by atoms with Crippen LogP contribution in [0, 0.1) is 0 Å².